The number of rotatable bonds is 6. The molecule has 52 heavy (non-hydrogen) atoms. The van der Waals surface area contributed by atoms with Gasteiger partial charge >= 0.3 is 34.1 Å². The van der Waals surface area contributed by atoms with Gasteiger partial charge in [0.2, 0.25) is 0 Å². The molecule has 4 aromatic heterocycles. The average molecular weight is 801 g/mol. The molecule has 0 aromatic carbocycles. The van der Waals surface area contributed by atoms with Crippen LogP contribution < -0.4 is 20.4 Å². The molecular formula is C36H42Mn2N4O10+2. The van der Waals surface area contributed by atoms with Crippen molar-refractivity contribution in [3.8, 4) is 22.8 Å². The van der Waals surface area contributed by atoms with Gasteiger partial charge in [-0.25, -0.2) is 0 Å². The standard InChI is InChI=1S/2C10H8N2.2C8H12O4.2Mn.2H2O/c2*1-3-7-11-9(5-1)10-6-2-4-8-12-10;2*9-7(10)5-1-2-6(4-3-5)8(11)12;;;;/h2*1-8H;2*5-6H,1-4H2,(H,9,10)(H,11,12);;;2*1H2/q;;;;2*+2;;/p-2. The minimum atomic E-state index is -1.06. The monoisotopic (exact) mass is 800 g/mol. The van der Waals surface area contributed by atoms with E-state index < -0.39 is 47.5 Å². The van der Waals surface area contributed by atoms with Crippen molar-refractivity contribution in [3.05, 3.63) is 97.6 Å². The summed E-state index contributed by atoms with van der Waals surface area (Å²) >= 11 is 0. The molecule has 278 valence electrons. The molecule has 0 atom stereocenters. The Morgan fingerprint density at radius 2 is 0.558 bits per heavy atom. The summed E-state index contributed by atoms with van der Waals surface area (Å²) in [5, 5.41) is 41.4. The van der Waals surface area contributed by atoms with Crippen molar-refractivity contribution < 1.29 is 84.7 Å². The van der Waals surface area contributed by atoms with Crippen molar-refractivity contribution in [2.45, 2.75) is 51.4 Å². The van der Waals surface area contributed by atoms with Crippen LogP contribution in [0.2, 0.25) is 0 Å². The largest absolute Gasteiger partial charge is 2.00 e. The molecule has 14 nitrogen and oxygen atoms in total. The summed E-state index contributed by atoms with van der Waals surface area (Å²) in [5.41, 5.74) is 3.66. The topological polar surface area (TPSA) is 278 Å². The number of aliphatic carboxylic acids is 4. The van der Waals surface area contributed by atoms with Gasteiger partial charge in [0, 0.05) is 48.7 Å². The van der Waals surface area contributed by atoms with E-state index in [1.165, 1.54) is 0 Å². The van der Waals surface area contributed by atoms with E-state index in [9.17, 15) is 39.6 Å². The fraction of sp³-hybridized carbons (Fsp3) is 0.333. The fourth-order valence-electron chi connectivity index (χ4n) is 5.19. The van der Waals surface area contributed by atoms with Gasteiger partial charge in [0.05, 0.1) is 22.8 Å². The van der Waals surface area contributed by atoms with Crippen molar-refractivity contribution >= 4 is 23.9 Å². The van der Waals surface area contributed by atoms with E-state index in [0.29, 0.717) is 51.4 Å². The summed E-state index contributed by atoms with van der Waals surface area (Å²) in [7, 11) is 0. The molecule has 0 amide bonds. The van der Waals surface area contributed by atoms with Gasteiger partial charge in [-0.05, 0) is 124 Å². The summed E-state index contributed by atoms with van der Waals surface area (Å²) < 4.78 is 0. The first-order valence-corrected chi connectivity index (χ1v) is 15.6. The normalized spacial score (nSPS) is 18.2. The minimum absolute atomic E-state index is 0. The number of pyridine rings is 4. The van der Waals surface area contributed by atoms with Gasteiger partial charge in [-0.15, -0.1) is 0 Å². The maximum absolute atomic E-state index is 10.4. The van der Waals surface area contributed by atoms with E-state index in [2.05, 4.69) is 19.9 Å². The summed E-state index contributed by atoms with van der Waals surface area (Å²) in [6, 6.07) is 23.2. The van der Waals surface area contributed by atoms with Crippen LogP contribution in [-0.2, 0) is 64.3 Å². The molecule has 2 aliphatic rings. The molecule has 2 aliphatic carbocycles. The Kier molecular flexibility index (Phi) is 25.9. The number of hydrogen-bond acceptors (Lipinski definition) is 12. The SMILES string of the molecule is O=C([O-])C1CCC(C(=O)[O-])CC1.O=C([O-])C1CCC(C(=O)[O-])CC1.[Mn+2].[Mn+2].[OH3+].[OH3+].c1ccc(-c2ccccn2)nc1.c1ccc(-c2ccccn2)nc1. The van der Waals surface area contributed by atoms with Gasteiger partial charge < -0.3 is 50.6 Å². The second kappa shape index (κ2) is 27.1. The van der Waals surface area contributed by atoms with E-state index in [1.807, 2.05) is 72.8 Å². The second-order valence-electron chi connectivity index (χ2n) is 11.2. The molecule has 0 unspecified atom stereocenters. The predicted octanol–water partition coefficient (Wildman–Crippen LogP) is -0.976. The Hall–Kier alpha value is -4.56. The Morgan fingerprint density at radius 1 is 0.385 bits per heavy atom. The van der Waals surface area contributed by atoms with Gasteiger partial charge in [0.1, 0.15) is 0 Å². The summed E-state index contributed by atoms with van der Waals surface area (Å²) in [6.07, 6.45) is 10.3. The van der Waals surface area contributed by atoms with Crippen LogP contribution in [0.3, 0.4) is 0 Å². The quantitative estimate of drug-likeness (QED) is 0.168. The molecular weight excluding hydrogens is 758 g/mol. The average Bonchev–Trinajstić information content (AvgIpc) is 3.14. The van der Waals surface area contributed by atoms with Crippen molar-refractivity contribution in [2.24, 2.45) is 23.7 Å². The molecule has 6 N–H and O–H groups in total. The van der Waals surface area contributed by atoms with Crippen molar-refractivity contribution in [3.63, 3.8) is 0 Å². The summed E-state index contributed by atoms with van der Waals surface area (Å²) in [6.45, 7) is 0. The van der Waals surface area contributed by atoms with E-state index >= 15 is 0 Å². The number of carbonyl (C=O) groups is 4. The molecule has 0 spiro atoms. The minimum Gasteiger partial charge on any atom is -0.550 e. The van der Waals surface area contributed by atoms with E-state index in [0.717, 1.165) is 22.8 Å². The van der Waals surface area contributed by atoms with E-state index in [4.69, 9.17) is 0 Å². The Balaban J connectivity index is 0. The molecule has 4 aromatic rings. The predicted molar refractivity (Wildman–Crippen MR) is 176 cm³/mol. The Labute approximate surface area is 322 Å². The van der Waals surface area contributed by atoms with Crippen LogP contribution in [0.5, 0.6) is 0 Å². The molecule has 6 rings (SSSR count). The summed E-state index contributed by atoms with van der Waals surface area (Å²) in [4.78, 5) is 58.2. The number of hydrogen-bond donors (Lipinski definition) is 0. The first-order valence-electron chi connectivity index (χ1n) is 15.6. The van der Waals surface area contributed by atoms with Crippen molar-refractivity contribution in [1.82, 2.24) is 19.9 Å². The third-order valence-electron chi connectivity index (χ3n) is 7.97. The van der Waals surface area contributed by atoms with Crippen LogP contribution in [0, 0.1) is 23.7 Å². The van der Waals surface area contributed by atoms with Gasteiger partial charge in [-0.1, -0.05) is 24.3 Å². The second-order valence-corrected chi connectivity index (χ2v) is 11.2. The molecule has 2 saturated carbocycles. The Bertz CT molecular complexity index is 1320. The molecule has 16 heteroatoms. The number of nitrogens with zero attached hydrogens (tertiary/aromatic N) is 4. The van der Waals surface area contributed by atoms with Crippen molar-refractivity contribution in [1.29, 1.82) is 0 Å². The molecule has 0 bridgehead atoms. The van der Waals surface area contributed by atoms with E-state index in [-0.39, 0.29) is 45.1 Å². The third kappa shape index (κ3) is 17.6. The van der Waals surface area contributed by atoms with Crippen LogP contribution in [0.4, 0.5) is 0 Å². The molecule has 2 fully saturated rings. The van der Waals surface area contributed by atoms with Crippen LogP contribution >= 0.6 is 0 Å². The fourth-order valence-corrected chi connectivity index (χ4v) is 5.19. The van der Waals surface area contributed by atoms with Crippen molar-refractivity contribution in [2.75, 3.05) is 0 Å². The van der Waals surface area contributed by atoms with Gasteiger partial charge in [0.25, 0.3) is 0 Å². The molecule has 0 aliphatic heterocycles. The zero-order chi connectivity index (χ0) is 34.7. The molecule has 2 radical (unpaired) electrons. The van der Waals surface area contributed by atoms with Gasteiger partial charge in [0.15, 0.2) is 0 Å². The smallest absolute Gasteiger partial charge is 0.550 e. The van der Waals surface area contributed by atoms with Crippen LogP contribution in [0.15, 0.2) is 97.6 Å². The van der Waals surface area contributed by atoms with E-state index in [1.54, 1.807) is 24.8 Å². The zero-order valence-electron chi connectivity index (χ0n) is 28.2. The first-order chi connectivity index (χ1) is 23.2. The number of aromatic nitrogens is 4. The number of carbonyl (C=O) groups excluding carboxylic acids is 4. The summed E-state index contributed by atoms with van der Waals surface area (Å²) in [5.74, 6) is -6.08. The maximum atomic E-state index is 10.4. The number of carboxylic acids is 4. The Morgan fingerprint density at radius 3 is 0.673 bits per heavy atom. The van der Waals surface area contributed by atoms with Crippen LogP contribution in [0.1, 0.15) is 51.4 Å². The van der Waals surface area contributed by atoms with Crippen LogP contribution in [0.25, 0.3) is 22.8 Å². The molecule has 4 heterocycles. The van der Waals surface area contributed by atoms with Gasteiger partial charge in [-0.3, -0.25) is 19.9 Å². The number of carboxylic acid groups (broad SMARTS) is 4. The maximum Gasteiger partial charge on any atom is 2.00 e. The van der Waals surface area contributed by atoms with Gasteiger partial charge in [-0.2, -0.15) is 0 Å². The van der Waals surface area contributed by atoms with Crippen LogP contribution in [-0.4, -0.2) is 43.8 Å². The molecule has 0 saturated heterocycles. The first kappa shape index (κ1) is 49.5. The zero-order valence-corrected chi connectivity index (χ0v) is 30.5. The third-order valence-corrected chi connectivity index (χ3v) is 7.97.